The summed E-state index contributed by atoms with van der Waals surface area (Å²) in [7, 11) is 0. The van der Waals surface area contributed by atoms with Gasteiger partial charge in [0.15, 0.2) is 6.67 Å². The van der Waals surface area contributed by atoms with Gasteiger partial charge in [-0.1, -0.05) is 0 Å². The fourth-order valence-electron chi connectivity index (χ4n) is 3.68. The smallest absolute Gasteiger partial charge is 0.406 e. The molecule has 0 radical (unpaired) electrons. The Labute approximate surface area is 159 Å². The van der Waals surface area contributed by atoms with Gasteiger partial charge in [0.25, 0.3) is 0 Å². The summed E-state index contributed by atoms with van der Waals surface area (Å²) in [5, 5.41) is 0. The van der Waals surface area contributed by atoms with Gasteiger partial charge in [-0.05, 0) is 31.2 Å². The topological polar surface area (TPSA) is 71.4 Å². The van der Waals surface area contributed by atoms with Crippen molar-refractivity contribution in [3.05, 3.63) is 29.8 Å². The number of nitrogens with zero attached hydrogens (tertiary/aromatic N) is 2. The van der Waals surface area contributed by atoms with E-state index in [9.17, 15) is 27.6 Å². The fraction of sp³-hybridized carbons (Fsp3) is 0.500. The zero-order valence-electron chi connectivity index (χ0n) is 15.3. The van der Waals surface area contributed by atoms with Crippen LogP contribution in [0.2, 0.25) is 0 Å². The number of hydrogen-bond acceptors (Lipinski definition) is 4. The largest absolute Gasteiger partial charge is 0.494 e. The molecule has 2 aliphatic heterocycles. The first-order valence-corrected chi connectivity index (χ1v) is 9.02. The molecular weight excluding hydrogens is 379 g/mol. The number of imide groups is 2. The van der Waals surface area contributed by atoms with E-state index in [0.29, 0.717) is 18.1 Å². The van der Waals surface area contributed by atoms with Crippen LogP contribution in [0, 0.1) is 0 Å². The maximum Gasteiger partial charge on any atom is 0.406 e. The van der Waals surface area contributed by atoms with Crippen LogP contribution in [-0.4, -0.2) is 60.2 Å². The van der Waals surface area contributed by atoms with Crippen molar-refractivity contribution >= 4 is 17.8 Å². The lowest BCUT2D eigenvalue weighted by atomic mass is 10.0. The SMILES string of the molecule is CCOc1ccc([C@@H]2CCC[NH+]2CN2C(=O)C(=O)N(CC(F)(F)F)C2=O)cc1. The predicted molar refractivity (Wildman–Crippen MR) is 90.3 cm³/mol. The zero-order valence-corrected chi connectivity index (χ0v) is 15.3. The summed E-state index contributed by atoms with van der Waals surface area (Å²) >= 11 is 0. The van der Waals surface area contributed by atoms with E-state index in [-0.39, 0.29) is 17.6 Å². The van der Waals surface area contributed by atoms with Crippen LogP contribution >= 0.6 is 0 Å². The monoisotopic (exact) mass is 400 g/mol. The van der Waals surface area contributed by atoms with Gasteiger partial charge in [0.05, 0.1) is 13.2 Å². The number of quaternary nitrogens is 1. The average molecular weight is 400 g/mol. The van der Waals surface area contributed by atoms with Crippen LogP contribution in [0.3, 0.4) is 0 Å². The van der Waals surface area contributed by atoms with Crippen molar-refractivity contribution in [1.82, 2.24) is 9.80 Å². The Balaban J connectivity index is 1.72. The fourth-order valence-corrected chi connectivity index (χ4v) is 3.68. The lowest BCUT2D eigenvalue weighted by Gasteiger charge is -2.25. The maximum absolute atomic E-state index is 12.6. The van der Waals surface area contributed by atoms with E-state index in [2.05, 4.69) is 0 Å². The van der Waals surface area contributed by atoms with E-state index in [4.69, 9.17) is 4.74 Å². The summed E-state index contributed by atoms with van der Waals surface area (Å²) in [5.74, 6) is -1.92. The van der Waals surface area contributed by atoms with Crippen molar-refractivity contribution in [2.24, 2.45) is 0 Å². The van der Waals surface area contributed by atoms with Crippen molar-refractivity contribution in [3.63, 3.8) is 0 Å². The standard InChI is InChI=1S/C18H20F3N3O4/c1-2-28-13-7-5-12(6-8-13)14-4-3-9-22(14)11-24-16(26)15(25)23(17(24)27)10-18(19,20)21/h5-8,14H,2-4,9-11H2,1H3/p+1/t14-/m0/s1. The first kappa shape index (κ1) is 20.1. The number of carbonyl (C=O) groups excluding carboxylic acids is 3. The quantitative estimate of drug-likeness (QED) is 0.574. The molecule has 0 spiro atoms. The van der Waals surface area contributed by atoms with Crippen molar-refractivity contribution in [2.75, 3.05) is 26.4 Å². The number of carbonyl (C=O) groups is 3. The maximum atomic E-state index is 12.6. The van der Waals surface area contributed by atoms with Crippen LogP contribution in [-0.2, 0) is 9.59 Å². The molecule has 3 rings (SSSR count). The van der Waals surface area contributed by atoms with Crippen LogP contribution < -0.4 is 9.64 Å². The van der Waals surface area contributed by atoms with Gasteiger partial charge < -0.3 is 9.64 Å². The van der Waals surface area contributed by atoms with E-state index >= 15 is 0 Å². The normalized spacial score (nSPS) is 23.1. The third-order valence-corrected chi connectivity index (χ3v) is 4.91. The van der Waals surface area contributed by atoms with Crippen LogP contribution in [0.25, 0.3) is 0 Å². The highest BCUT2D eigenvalue weighted by Gasteiger charge is 2.50. The molecular formula is C18H21F3N3O4+. The molecule has 152 valence electrons. The van der Waals surface area contributed by atoms with E-state index < -0.39 is 30.6 Å². The van der Waals surface area contributed by atoms with Crippen molar-refractivity contribution in [3.8, 4) is 5.75 Å². The molecule has 1 aromatic rings. The van der Waals surface area contributed by atoms with E-state index in [1.165, 1.54) is 0 Å². The Kier molecular flexibility index (Phi) is 5.59. The number of benzene rings is 1. The van der Waals surface area contributed by atoms with Crippen LogP contribution in [0.15, 0.2) is 24.3 Å². The Bertz CT molecular complexity index is 766. The molecule has 0 bridgehead atoms. The lowest BCUT2D eigenvalue weighted by molar-refractivity contribution is -0.925. The molecule has 0 saturated carbocycles. The molecule has 7 nitrogen and oxygen atoms in total. The first-order chi connectivity index (χ1) is 13.2. The molecule has 0 aliphatic carbocycles. The summed E-state index contributed by atoms with van der Waals surface area (Å²) in [6.07, 6.45) is -3.11. The van der Waals surface area contributed by atoms with Crippen molar-refractivity contribution in [1.29, 1.82) is 0 Å². The van der Waals surface area contributed by atoms with Gasteiger partial charge in [-0.15, -0.1) is 0 Å². The molecule has 10 heteroatoms. The zero-order chi connectivity index (χ0) is 20.5. The molecule has 1 N–H and O–H groups in total. The van der Waals surface area contributed by atoms with Gasteiger partial charge in [-0.25, -0.2) is 14.6 Å². The number of rotatable bonds is 6. The van der Waals surface area contributed by atoms with Crippen molar-refractivity contribution < 1.29 is 37.2 Å². The number of halogens is 3. The second kappa shape index (κ2) is 7.78. The number of hydrogen-bond donors (Lipinski definition) is 1. The molecule has 2 heterocycles. The van der Waals surface area contributed by atoms with Gasteiger partial charge in [-0.3, -0.25) is 9.59 Å². The third-order valence-electron chi connectivity index (χ3n) is 4.91. The van der Waals surface area contributed by atoms with Crippen LogP contribution in [0.1, 0.15) is 31.4 Å². The highest BCUT2D eigenvalue weighted by atomic mass is 19.4. The Morgan fingerprint density at radius 2 is 1.75 bits per heavy atom. The number of amides is 4. The first-order valence-electron chi connectivity index (χ1n) is 9.02. The average Bonchev–Trinajstić information content (AvgIpc) is 3.17. The second-order valence-electron chi connectivity index (χ2n) is 6.79. The van der Waals surface area contributed by atoms with E-state index in [1.54, 1.807) is 0 Å². The van der Waals surface area contributed by atoms with Gasteiger partial charge in [-0.2, -0.15) is 13.2 Å². The second-order valence-corrected chi connectivity index (χ2v) is 6.79. The molecule has 2 saturated heterocycles. The highest BCUT2D eigenvalue weighted by molar-refractivity contribution is 6.44. The minimum atomic E-state index is -4.76. The van der Waals surface area contributed by atoms with Gasteiger partial charge in [0.2, 0.25) is 0 Å². The molecule has 2 atom stereocenters. The molecule has 1 aromatic carbocycles. The number of urea groups is 1. The summed E-state index contributed by atoms with van der Waals surface area (Å²) in [4.78, 5) is 37.6. The predicted octanol–water partition coefficient (Wildman–Crippen LogP) is 1.12. The van der Waals surface area contributed by atoms with Crippen molar-refractivity contribution in [2.45, 2.75) is 32.0 Å². The van der Waals surface area contributed by atoms with Crippen LogP contribution in [0.4, 0.5) is 18.0 Å². The Hall–Kier alpha value is -2.62. The summed E-state index contributed by atoms with van der Waals surface area (Å²) < 4.78 is 43.2. The molecule has 1 unspecified atom stereocenters. The molecule has 28 heavy (non-hydrogen) atoms. The molecule has 4 amide bonds. The molecule has 2 aliphatic rings. The Morgan fingerprint density at radius 3 is 2.36 bits per heavy atom. The van der Waals surface area contributed by atoms with Gasteiger partial charge >= 0.3 is 24.0 Å². The Morgan fingerprint density at radius 1 is 1.11 bits per heavy atom. The minimum absolute atomic E-state index is 0.0250. The lowest BCUT2D eigenvalue weighted by Crippen LogP contribution is -3.12. The number of nitrogens with one attached hydrogen (secondary N) is 1. The van der Waals surface area contributed by atoms with Crippen LogP contribution in [0.5, 0.6) is 5.75 Å². The highest BCUT2D eigenvalue weighted by Crippen LogP contribution is 2.24. The van der Waals surface area contributed by atoms with Gasteiger partial charge in [0, 0.05) is 18.4 Å². The van der Waals surface area contributed by atoms with E-state index in [1.807, 2.05) is 31.2 Å². The minimum Gasteiger partial charge on any atom is -0.494 e. The molecule has 2 fully saturated rings. The number of likely N-dealkylation sites (tertiary alicyclic amines) is 1. The van der Waals surface area contributed by atoms with Gasteiger partial charge in [0.1, 0.15) is 18.3 Å². The summed E-state index contributed by atoms with van der Waals surface area (Å²) in [6, 6.07) is 6.22. The summed E-state index contributed by atoms with van der Waals surface area (Å²) in [6.45, 7) is 1.16. The number of ether oxygens (including phenoxy) is 1. The number of alkyl halides is 3. The third kappa shape index (κ3) is 4.11. The molecule has 0 aromatic heterocycles. The summed E-state index contributed by atoms with van der Waals surface area (Å²) in [5.41, 5.74) is 0.980. The van der Waals surface area contributed by atoms with E-state index in [0.717, 1.165) is 29.1 Å².